The second-order valence-electron chi connectivity index (χ2n) is 6.15. The molecule has 1 atom stereocenters. The molecule has 1 aromatic heterocycles. The van der Waals surface area contributed by atoms with Gasteiger partial charge in [0.2, 0.25) is 0 Å². The zero-order valence-corrected chi connectivity index (χ0v) is 18.5. The SMILES string of the molecule is CN=C(NCc1ccsc1)NCC(c1ccc(F)cc1)N1CCOCC1.I. The van der Waals surface area contributed by atoms with Crippen molar-refractivity contribution in [2.45, 2.75) is 12.6 Å². The van der Waals surface area contributed by atoms with E-state index in [4.69, 9.17) is 4.74 Å². The number of nitrogens with one attached hydrogen (secondary N) is 2. The molecule has 0 amide bonds. The number of benzene rings is 1. The van der Waals surface area contributed by atoms with Gasteiger partial charge in [0.05, 0.1) is 19.3 Å². The van der Waals surface area contributed by atoms with Gasteiger partial charge in [0.25, 0.3) is 0 Å². The predicted octanol–water partition coefficient (Wildman–Crippen LogP) is 3.24. The van der Waals surface area contributed by atoms with Gasteiger partial charge in [-0.1, -0.05) is 12.1 Å². The monoisotopic (exact) mass is 504 g/mol. The van der Waals surface area contributed by atoms with Crippen molar-refractivity contribution in [3.63, 3.8) is 0 Å². The normalized spacial score (nSPS) is 16.4. The Morgan fingerprint density at radius 3 is 2.59 bits per heavy atom. The zero-order chi connectivity index (χ0) is 18.2. The van der Waals surface area contributed by atoms with Crippen molar-refractivity contribution in [2.24, 2.45) is 4.99 Å². The average Bonchev–Trinajstić information content (AvgIpc) is 3.20. The molecule has 5 nitrogen and oxygen atoms in total. The molecule has 3 rings (SSSR count). The van der Waals surface area contributed by atoms with Crippen LogP contribution >= 0.6 is 35.3 Å². The number of nitrogens with zero attached hydrogens (tertiary/aromatic N) is 2. The molecule has 1 aromatic carbocycles. The molecule has 148 valence electrons. The van der Waals surface area contributed by atoms with Gasteiger partial charge in [-0.15, -0.1) is 24.0 Å². The molecule has 0 aliphatic carbocycles. The molecule has 0 bridgehead atoms. The Labute approximate surface area is 181 Å². The molecular weight excluding hydrogens is 478 g/mol. The summed E-state index contributed by atoms with van der Waals surface area (Å²) in [5, 5.41) is 10.9. The van der Waals surface area contributed by atoms with E-state index in [0.717, 1.165) is 44.4 Å². The highest BCUT2D eigenvalue weighted by atomic mass is 127. The molecule has 0 spiro atoms. The van der Waals surface area contributed by atoms with Crippen LogP contribution in [0, 0.1) is 5.82 Å². The number of halogens is 2. The Kier molecular flexibility index (Phi) is 9.46. The smallest absolute Gasteiger partial charge is 0.191 e. The molecule has 1 unspecified atom stereocenters. The van der Waals surface area contributed by atoms with Gasteiger partial charge in [0.1, 0.15) is 5.82 Å². The highest BCUT2D eigenvalue weighted by Gasteiger charge is 2.23. The summed E-state index contributed by atoms with van der Waals surface area (Å²) in [6.07, 6.45) is 0. The summed E-state index contributed by atoms with van der Waals surface area (Å²) < 4.78 is 18.8. The van der Waals surface area contributed by atoms with Crippen LogP contribution in [0.25, 0.3) is 0 Å². The van der Waals surface area contributed by atoms with Crippen LogP contribution in [-0.4, -0.2) is 50.8 Å². The summed E-state index contributed by atoms with van der Waals surface area (Å²) in [4.78, 5) is 6.68. The van der Waals surface area contributed by atoms with E-state index in [1.54, 1.807) is 18.4 Å². The minimum atomic E-state index is -0.212. The van der Waals surface area contributed by atoms with Crippen molar-refractivity contribution in [3.05, 3.63) is 58.0 Å². The maximum atomic E-state index is 13.3. The molecule has 0 radical (unpaired) electrons. The number of guanidine groups is 1. The summed E-state index contributed by atoms with van der Waals surface area (Å²) in [7, 11) is 1.77. The molecule has 1 aliphatic heterocycles. The third-order valence-electron chi connectivity index (χ3n) is 4.47. The van der Waals surface area contributed by atoms with E-state index in [0.29, 0.717) is 6.54 Å². The fraction of sp³-hybridized carbons (Fsp3) is 0.421. The number of thiophene rings is 1. The van der Waals surface area contributed by atoms with E-state index in [-0.39, 0.29) is 35.8 Å². The molecule has 27 heavy (non-hydrogen) atoms. The molecule has 0 saturated carbocycles. The molecule has 2 aromatic rings. The number of aliphatic imine (C=N–C) groups is 1. The first-order valence-corrected chi connectivity index (χ1v) is 9.73. The van der Waals surface area contributed by atoms with Crippen molar-refractivity contribution in [3.8, 4) is 0 Å². The van der Waals surface area contributed by atoms with Crippen molar-refractivity contribution in [1.82, 2.24) is 15.5 Å². The molecule has 2 N–H and O–H groups in total. The molecule has 1 saturated heterocycles. The number of rotatable bonds is 6. The fourth-order valence-electron chi connectivity index (χ4n) is 3.02. The van der Waals surface area contributed by atoms with Crippen molar-refractivity contribution in [2.75, 3.05) is 39.9 Å². The van der Waals surface area contributed by atoms with Crippen LogP contribution in [0.3, 0.4) is 0 Å². The van der Waals surface area contributed by atoms with E-state index < -0.39 is 0 Å². The molecule has 1 aliphatic rings. The van der Waals surface area contributed by atoms with Gasteiger partial charge in [-0.3, -0.25) is 9.89 Å². The van der Waals surface area contributed by atoms with Crippen LogP contribution < -0.4 is 10.6 Å². The first-order chi connectivity index (χ1) is 12.8. The van der Waals surface area contributed by atoms with Crippen LogP contribution in [-0.2, 0) is 11.3 Å². The topological polar surface area (TPSA) is 48.9 Å². The lowest BCUT2D eigenvalue weighted by Crippen LogP contribution is -2.46. The maximum Gasteiger partial charge on any atom is 0.191 e. The van der Waals surface area contributed by atoms with E-state index in [9.17, 15) is 4.39 Å². The molecular formula is C19H26FIN4OS. The second-order valence-corrected chi connectivity index (χ2v) is 6.93. The van der Waals surface area contributed by atoms with Crippen LogP contribution in [0.2, 0.25) is 0 Å². The standard InChI is InChI=1S/C19H25FN4OS.HI/c1-21-19(22-12-15-6-11-26-14-15)23-13-18(24-7-9-25-10-8-24)16-2-4-17(20)5-3-16;/h2-6,11,14,18H,7-10,12-13H2,1H3,(H2,21,22,23);1H. The van der Waals surface area contributed by atoms with Gasteiger partial charge in [-0.2, -0.15) is 11.3 Å². The first kappa shape index (κ1) is 22.1. The highest BCUT2D eigenvalue weighted by Crippen LogP contribution is 2.21. The minimum Gasteiger partial charge on any atom is -0.379 e. The van der Waals surface area contributed by atoms with Gasteiger partial charge in [-0.25, -0.2) is 4.39 Å². The predicted molar refractivity (Wildman–Crippen MR) is 119 cm³/mol. The summed E-state index contributed by atoms with van der Waals surface area (Å²) in [6.45, 7) is 4.61. The first-order valence-electron chi connectivity index (χ1n) is 8.79. The van der Waals surface area contributed by atoms with Crippen molar-refractivity contribution < 1.29 is 9.13 Å². The van der Waals surface area contributed by atoms with Gasteiger partial charge in [0, 0.05) is 33.2 Å². The Hall–Kier alpha value is -1.23. The maximum absolute atomic E-state index is 13.3. The number of hydrogen-bond acceptors (Lipinski definition) is 4. The van der Waals surface area contributed by atoms with Crippen molar-refractivity contribution in [1.29, 1.82) is 0 Å². The lowest BCUT2D eigenvalue weighted by molar-refractivity contribution is 0.0170. The van der Waals surface area contributed by atoms with Gasteiger partial charge in [0.15, 0.2) is 5.96 Å². The van der Waals surface area contributed by atoms with Gasteiger partial charge in [-0.05, 0) is 40.1 Å². The molecule has 2 heterocycles. The van der Waals surface area contributed by atoms with Crippen LogP contribution in [0.4, 0.5) is 4.39 Å². The van der Waals surface area contributed by atoms with Crippen LogP contribution in [0.1, 0.15) is 17.2 Å². The lowest BCUT2D eigenvalue weighted by Gasteiger charge is -2.35. The van der Waals surface area contributed by atoms with Crippen molar-refractivity contribution >= 4 is 41.3 Å². The lowest BCUT2D eigenvalue weighted by atomic mass is 10.0. The Bertz CT molecular complexity index is 690. The number of ether oxygens (including phenoxy) is 1. The second kappa shape index (κ2) is 11.6. The van der Waals surface area contributed by atoms with Gasteiger partial charge >= 0.3 is 0 Å². The summed E-state index contributed by atoms with van der Waals surface area (Å²) in [5.41, 5.74) is 2.33. The Morgan fingerprint density at radius 1 is 1.22 bits per heavy atom. The summed E-state index contributed by atoms with van der Waals surface area (Å²) in [5.74, 6) is 0.548. The Balaban J connectivity index is 0.00000261. The van der Waals surface area contributed by atoms with Crippen LogP contribution in [0.15, 0.2) is 46.1 Å². The van der Waals surface area contributed by atoms with E-state index in [1.165, 1.54) is 17.7 Å². The summed E-state index contributed by atoms with van der Waals surface area (Å²) >= 11 is 1.68. The average molecular weight is 504 g/mol. The van der Waals surface area contributed by atoms with Gasteiger partial charge < -0.3 is 15.4 Å². The quantitative estimate of drug-likeness (QED) is 0.361. The van der Waals surface area contributed by atoms with E-state index >= 15 is 0 Å². The summed E-state index contributed by atoms with van der Waals surface area (Å²) in [6, 6.07) is 9.00. The fourth-order valence-corrected chi connectivity index (χ4v) is 3.69. The third-order valence-corrected chi connectivity index (χ3v) is 5.20. The third kappa shape index (κ3) is 6.70. The minimum absolute atomic E-state index is 0. The Morgan fingerprint density at radius 2 is 1.96 bits per heavy atom. The molecule has 8 heteroatoms. The number of morpholine rings is 1. The molecule has 1 fully saturated rings. The highest BCUT2D eigenvalue weighted by molar-refractivity contribution is 14.0. The zero-order valence-electron chi connectivity index (χ0n) is 15.4. The van der Waals surface area contributed by atoms with E-state index in [2.05, 4.69) is 37.4 Å². The number of hydrogen-bond donors (Lipinski definition) is 2. The van der Waals surface area contributed by atoms with E-state index in [1.807, 2.05) is 12.1 Å². The largest absolute Gasteiger partial charge is 0.379 e. The van der Waals surface area contributed by atoms with Crippen LogP contribution in [0.5, 0.6) is 0 Å².